The van der Waals surface area contributed by atoms with Crippen molar-refractivity contribution in [3.8, 4) is 23.0 Å². The highest BCUT2D eigenvalue weighted by Gasteiger charge is 2.20. The molecule has 4 aromatic rings. The third-order valence-electron chi connectivity index (χ3n) is 4.78. The van der Waals surface area contributed by atoms with Crippen molar-refractivity contribution < 1.29 is 27.5 Å². The highest BCUT2D eigenvalue weighted by atomic mass is 32.2. The molecule has 0 aliphatic carbocycles. The molecule has 0 fully saturated rings. The predicted octanol–water partition coefficient (Wildman–Crippen LogP) is 5.73. The Balaban J connectivity index is 1.59. The second-order valence-corrected chi connectivity index (χ2v) is 8.95. The van der Waals surface area contributed by atoms with Crippen molar-refractivity contribution in [2.24, 2.45) is 0 Å². The molecule has 0 bridgehead atoms. The molecule has 0 aromatic heterocycles. The first-order valence-electron chi connectivity index (χ1n) is 9.90. The second kappa shape index (κ2) is 9.50. The van der Waals surface area contributed by atoms with Crippen LogP contribution in [0.25, 0.3) is 0 Å². The monoisotopic (exact) mass is 458 g/mol. The van der Waals surface area contributed by atoms with E-state index in [9.17, 15) is 18.0 Å². The van der Waals surface area contributed by atoms with Crippen LogP contribution in [0.15, 0.2) is 107 Å². The van der Waals surface area contributed by atoms with Gasteiger partial charge in [-0.2, -0.15) is 0 Å². The number of rotatable bonds is 8. The standard InChI is InChI=1S/C26H18O6S/c27-17-19-6-9-22(10-7-19)31-23-11-14-24(15-12-23)33(29,30)25-13-8-20(18-28)26(16-25)32-21-4-2-1-3-5-21/h1-18H. The van der Waals surface area contributed by atoms with Crippen LogP contribution in [-0.4, -0.2) is 21.0 Å². The first-order valence-corrected chi connectivity index (χ1v) is 11.4. The van der Waals surface area contributed by atoms with E-state index >= 15 is 0 Å². The van der Waals surface area contributed by atoms with Crippen LogP contribution in [0.2, 0.25) is 0 Å². The summed E-state index contributed by atoms with van der Waals surface area (Å²) in [5.41, 5.74) is 0.766. The van der Waals surface area contributed by atoms with Gasteiger partial charge in [0.05, 0.1) is 15.4 Å². The smallest absolute Gasteiger partial charge is 0.206 e. The molecular weight excluding hydrogens is 440 g/mol. The van der Waals surface area contributed by atoms with E-state index in [-0.39, 0.29) is 21.1 Å². The molecule has 0 aliphatic rings. The number of hydrogen-bond donors (Lipinski definition) is 0. The quantitative estimate of drug-likeness (QED) is 0.314. The second-order valence-electron chi connectivity index (χ2n) is 7.00. The number of hydrogen-bond acceptors (Lipinski definition) is 6. The molecule has 0 aliphatic heterocycles. The maximum atomic E-state index is 13.2. The third-order valence-corrected chi connectivity index (χ3v) is 6.55. The SMILES string of the molecule is O=Cc1ccc(Oc2ccc(S(=O)(=O)c3ccc(C=O)c(Oc4ccccc4)c3)cc2)cc1. The van der Waals surface area contributed by atoms with Gasteiger partial charge < -0.3 is 9.47 Å². The summed E-state index contributed by atoms with van der Waals surface area (Å²) >= 11 is 0. The first-order chi connectivity index (χ1) is 16.0. The highest BCUT2D eigenvalue weighted by Crippen LogP contribution is 2.31. The Morgan fingerprint density at radius 2 is 1.15 bits per heavy atom. The summed E-state index contributed by atoms with van der Waals surface area (Å²) in [5, 5.41) is 0. The van der Waals surface area contributed by atoms with Gasteiger partial charge in [-0.25, -0.2) is 8.42 Å². The van der Waals surface area contributed by atoms with Gasteiger partial charge in [0.15, 0.2) is 6.29 Å². The van der Waals surface area contributed by atoms with Gasteiger partial charge >= 0.3 is 0 Å². The molecule has 6 nitrogen and oxygen atoms in total. The van der Waals surface area contributed by atoms with Crippen LogP contribution < -0.4 is 9.47 Å². The largest absolute Gasteiger partial charge is 0.457 e. The maximum absolute atomic E-state index is 13.2. The van der Waals surface area contributed by atoms with Crippen LogP contribution in [0.3, 0.4) is 0 Å². The Bertz CT molecular complexity index is 1380. The fourth-order valence-electron chi connectivity index (χ4n) is 3.06. The fourth-order valence-corrected chi connectivity index (χ4v) is 4.33. The lowest BCUT2D eigenvalue weighted by Gasteiger charge is -2.11. The molecule has 4 rings (SSSR count). The lowest BCUT2D eigenvalue weighted by molar-refractivity contribution is 0.111. The normalized spacial score (nSPS) is 10.9. The minimum Gasteiger partial charge on any atom is -0.457 e. The van der Waals surface area contributed by atoms with Crippen molar-refractivity contribution in [1.29, 1.82) is 0 Å². The summed E-state index contributed by atoms with van der Waals surface area (Å²) in [6, 6.07) is 25.4. The van der Waals surface area contributed by atoms with Crippen LogP contribution in [0.4, 0.5) is 0 Å². The van der Waals surface area contributed by atoms with Crippen LogP contribution >= 0.6 is 0 Å². The molecule has 0 unspecified atom stereocenters. The van der Waals surface area contributed by atoms with Gasteiger partial charge in [0, 0.05) is 11.6 Å². The van der Waals surface area contributed by atoms with Gasteiger partial charge in [0.1, 0.15) is 29.3 Å². The molecule has 0 amide bonds. The minimum absolute atomic E-state index is 0.00264. The molecule has 0 heterocycles. The Kier molecular flexibility index (Phi) is 6.33. The molecule has 33 heavy (non-hydrogen) atoms. The Hall–Kier alpha value is -4.23. The summed E-state index contributed by atoms with van der Waals surface area (Å²) in [7, 11) is -3.87. The molecule has 0 spiro atoms. The number of aldehydes is 2. The van der Waals surface area contributed by atoms with Crippen LogP contribution in [0.1, 0.15) is 20.7 Å². The molecular formula is C26H18O6S. The number of para-hydroxylation sites is 1. The van der Waals surface area contributed by atoms with Crippen molar-refractivity contribution >= 4 is 22.4 Å². The van der Waals surface area contributed by atoms with E-state index in [1.54, 1.807) is 60.7 Å². The van der Waals surface area contributed by atoms with E-state index in [0.29, 0.717) is 29.1 Å². The van der Waals surface area contributed by atoms with E-state index in [4.69, 9.17) is 9.47 Å². The predicted molar refractivity (Wildman–Crippen MR) is 122 cm³/mol. The zero-order valence-electron chi connectivity index (χ0n) is 17.3. The molecule has 7 heteroatoms. The van der Waals surface area contributed by atoms with E-state index < -0.39 is 9.84 Å². The van der Waals surface area contributed by atoms with Gasteiger partial charge in [0.2, 0.25) is 9.84 Å². The summed E-state index contributed by atoms with van der Waals surface area (Å²) in [5.74, 6) is 1.59. The fraction of sp³-hybridized carbons (Fsp3) is 0. The van der Waals surface area contributed by atoms with E-state index in [0.717, 1.165) is 6.29 Å². The van der Waals surface area contributed by atoms with Crippen molar-refractivity contribution in [1.82, 2.24) is 0 Å². The van der Waals surface area contributed by atoms with E-state index in [1.807, 2.05) is 6.07 Å². The van der Waals surface area contributed by atoms with Crippen LogP contribution in [0.5, 0.6) is 23.0 Å². The van der Waals surface area contributed by atoms with Gasteiger partial charge in [-0.15, -0.1) is 0 Å². The molecule has 0 atom stereocenters. The third kappa shape index (κ3) is 4.99. The first kappa shape index (κ1) is 22.0. The summed E-state index contributed by atoms with van der Waals surface area (Å²) in [6.07, 6.45) is 1.35. The average molecular weight is 458 g/mol. The molecule has 0 saturated heterocycles. The van der Waals surface area contributed by atoms with Crippen molar-refractivity contribution in [2.75, 3.05) is 0 Å². The van der Waals surface area contributed by atoms with Gasteiger partial charge in [-0.3, -0.25) is 9.59 Å². The van der Waals surface area contributed by atoms with Crippen molar-refractivity contribution in [3.63, 3.8) is 0 Å². The number of ether oxygens (including phenoxy) is 2. The number of carbonyl (C=O) groups is 2. The topological polar surface area (TPSA) is 86.7 Å². The van der Waals surface area contributed by atoms with Crippen molar-refractivity contribution in [3.05, 3.63) is 108 Å². The maximum Gasteiger partial charge on any atom is 0.206 e. The van der Waals surface area contributed by atoms with E-state index in [1.165, 1.54) is 30.3 Å². The molecule has 0 radical (unpaired) electrons. The molecule has 0 saturated carbocycles. The molecule has 0 N–H and O–H groups in total. The Morgan fingerprint density at radius 1 is 0.576 bits per heavy atom. The summed E-state index contributed by atoms with van der Waals surface area (Å²) in [6.45, 7) is 0. The summed E-state index contributed by atoms with van der Waals surface area (Å²) < 4.78 is 37.8. The average Bonchev–Trinajstić information content (AvgIpc) is 2.85. The lowest BCUT2D eigenvalue weighted by atomic mass is 10.2. The minimum atomic E-state index is -3.87. The molecule has 164 valence electrons. The Morgan fingerprint density at radius 3 is 1.76 bits per heavy atom. The van der Waals surface area contributed by atoms with Crippen LogP contribution in [-0.2, 0) is 9.84 Å². The van der Waals surface area contributed by atoms with Gasteiger partial charge in [-0.05, 0) is 72.8 Å². The van der Waals surface area contributed by atoms with Crippen LogP contribution in [0, 0.1) is 0 Å². The zero-order chi connectivity index (χ0) is 23.3. The lowest BCUT2D eigenvalue weighted by Crippen LogP contribution is -2.03. The van der Waals surface area contributed by atoms with Gasteiger partial charge in [0.25, 0.3) is 0 Å². The summed E-state index contributed by atoms with van der Waals surface area (Å²) in [4.78, 5) is 22.2. The zero-order valence-corrected chi connectivity index (χ0v) is 18.1. The molecule has 4 aromatic carbocycles. The number of benzene rings is 4. The van der Waals surface area contributed by atoms with Crippen molar-refractivity contribution in [2.45, 2.75) is 9.79 Å². The van der Waals surface area contributed by atoms with Gasteiger partial charge in [-0.1, -0.05) is 18.2 Å². The number of carbonyl (C=O) groups excluding carboxylic acids is 2. The highest BCUT2D eigenvalue weighted by molar-refractivity contribution is 7.91. The Labute approximate surface area is 191 Å². The van der Waals surface area contributed by atoms with E-state index in [2.05, 4.69) is 0 Å². The number of sulfone groups is 1.